The number of carbonyl (C=O) groups excluding carboxylic acids is 1. The van der Waals surface area contributed by atoms with Crippen molar-refractivity contribution in [1.29, 1.82) is 0 Å². The smallest absolute Gasteiger partial charge is 0.337 e. The summed E-state index contributed by atoms with van der Waals surface area (Å²) >= 11 is 0. The van der Waals surface area contributed by atoms with Gasteiger partial charge in [0.05, 0.1) is 29.7 Å². The van der Waals surface area contributed by atoms with Crippen LogP contribution >= 0.6 is 12.4 Å². The van der Waals surface area contributed by atoms with Gasteiger partial charge in [0.1, 0.15) is 0 Å². The number of carbonyl (C=O) groups is 1. The number of esters is 1. The topological polar surface area (TPSA) is 76.1 Å². The molecule has 20 heavy (non-hydrogen) atoms. The number of hydrogen-bond acceptors (Lipinski definition) is 4. The second kappa shape index (κ2) is 5.68. The summed E-state index contributed by atoms with van der Waals surface area (Å²) in [6, 6.07) is 5.23. The number of aromatic amines is 1. The molecule has 3 rings (SSSR count). The molecule has 2 aromatic rings. The maximum Gasteiger partial charge on any atom is 0.337 e. The Balaban J connectivity index is 0.00000147. The molecule has 1 atom stereocenters. The molecule has 0 bridgehead atoms. The molecule has 0 spiro atoms. The SMILES string of the molecule is COC(=O)c1ccc2[nH]c(=O)n([C@@H]3CCNC3)c2c1.Cl. The van der Waals surface area contributed by atoms with E-state index in [0.717, 1.165) is 30.5 Å². The molecular weight excluding hydrogens is 282 g/mol. The zero-order valence-corrected chi connectivity index (χ0v) is 11.8. The normalized spacial score (nSPS) is 17.9. The van der Waals surface area contributed by atoms with Gasteiger partial charge in [-0.2, -0.15) is 0 Å². The highest BCUT2D eigenvalue weighted by Crippen LogP contribution is 2.20. The van der Waals surface area contributed by atoms with E-state index in [-0.39, 0.29) is 24.1 Å². The summed E-state index contributed by atoms with van der Waals surface area (Å²) in [5.41, 5.74) is 1.81. The minimum Gasteiger partial charge on any atom is -0.465 e. The Kier molecular flexibility index (Phi) is 4.15. The molecule has 0 radical (unpaired) electrons. The molecule has 1 aromatic heterocycles. The monoisotopic (exact) mass is 297 g/mol. The Labute approximate surface area is 121 Å². The predicted molar refractivity (Wildman–Crippen MR) is 77.7 cm³/mol. The number of nitrogens with one attached hydrogen (secondary N) is 2. The lowest BCUT2D eigenvalue weighted by Gasteiger charge is -2.10. The Morgan fingerprint density at radius 2 is 2.25 bits per heavy atom. The van der Waals surface area contributed by atoms with E-state index in [0.29, 0.717) is 5.56 Å². The highest BCUT2D eigenvalue weighted by atomic mass is 35.5. The van der Waals surface area contributed by atoms with Gasteiger partial charge in [0.25, 0.3) is 0 Å². The van der Waals surface area contributed by atoms with E-state index in [1.807, 2.05) is 0 Å². The van der Waals surface area contributed by atoms with E-state index in [1.165, 1.54) is 7.11 Å². The molecule has 1 aromatic carbocycles. The van der Waals surface area contributed by atoms with Crippen molar-refractivity contribution in [3.05, 3.63) is 34.2 Å². The summed E-state index contributed by atoms with van der Waals surface area (Å²) in [5, 5.41) is 3.24. The Bertz CT molecular complexity index is 686. The van der Waals surface area contributed by atoms with Gasteiger partial charge in [-0.25, -0.2) is 9.59 Å². The molecule has 2 N–H and O–H groups in total. The van der Waals surface area contributed by atoms with E-state index in [2.05, 4.69) is 10.3 Å². The molecule has 1 aliphatic heterocycles. The minimum atomic E-state index is -0.397. The van der Waals surface area contributed by atoms with Crippen LogP contribution in [0.2, 0.25) is 0 Å². The number of imidazole rings is 1. The van der Waals surface area contributed by atoms with E-state index < -0.39 is 5.97 Å². The molecule has 2 heterocycles. The fourth-order valence-electron chi connectivity index (χ4n) is 2.59. The average molecular weight is 298 g/mol. The number of benzene rings is 1. The lowest BCUT2D eigenvalue weighted by Crippen LogP contribution is -2.23. The molecule has 1 fully saturated rings. The van der Waals surface area contributed by atoms with Gasteiger partial charge in [-0.3, -0.25) is 4.57 Å². The van der Waals surface area contributed by atoms with Gasteiger partial charge in [-0.15, -0.1) is 12.4 Å². The number of methoxy groups -OCH3 is 1. The Morgan fingerprint density at radius 3 is 2.90 bits per heavy atom. The summed E-state index contributed by atoms with van der Waals surface area (Å²) < 4.78 is 6.43. The molecule has 0 amide bonds. The van der Waals surface area contributed by atoms with Gasteiger partial charge >= 0.3 is 11.7 Å². The van der Waals surface area contributed by atoms with Gasteiger partial charge < -0.3 is 15.0 Å². The van der Waals surface area contributed by atoms with E-state index in [4.69, 9.17) is 4.74 Å². The van der Waals surface area contributed by atoms with Crippen molar-refractivity contribution in [2.75, 3.05) is 20.2 Å². The van der Waals surface area contributed by atoms with Gasteiger partial charge in [-0.05, 0) is 31.2 Å². The lowest BCUT2D eigenvalue weighted by molar-refractivity contribution is 0.0601. The summed E-state index contributed by atoms with van der Waals surface area (Å²) in [4.78, 5) is 26.4. The summed E-state index contributed by atoms with van der Waals surface area (Å²) in [6.45, 7) is 1.68. The quantitative estimate of drug-likeness (QED) is 0.813. The second-order valence-corrected chi connectivity index (χ2v) is 4.67. The molecule has 6 nitrogen and oxygen atoms in total. The third kappa shape index (κ3) is 2.32. The van der Waals surface area contributed by atoms with Crippen molar-refractivity contribution < 1.29 is 9.53 Å². The van der Waals surface area contributed by atoms with E-state index in [1.54, 1.807) is 22.8 Å². The first kappa shape index (κ1) is 14.6. The van der Waals surface area contributed by atoms with Crippen LogP contribution < -0.4 is 11.0 Å². The van der Waals surface area contributed by atoms with Gasteiger partial charge in [0.15, 0.2) is 0 Å². The zero-order valence-electron chi connectivity index (χ0n) is 11.0. The molecule has 108 valence electrons. The molecule has 0 unspecified atom stereocenters. The standard InChI is InChI=1S/C13H15N3O3.ClH/c1-19-12(17)8-2-3-10-11(6-8)16(13(18)15-10)9-4-5-14-7-9;/h2-3,6,9,14H,4-5,7H2,1H3,(H,15,18);1H/t9-;/m1./s1. The summed E-state index contributed by atoms with van der Waals surface area (Å²) in [5.74, 6) is -0.397. The van der Waals surface area contributed by atoms with Crippen molar-refractivity contribution in [3.8, 4) is 0 Å². The summed E-state index contributed by atoms with van der Waals surface area (Å²) in [6.07, 6.45) is 0.912. The molecular formula is C13H16ClN3O3. The van der Waals surface area contributed by atoms with Crippen LogP contribution in [0, 0.1) is 0 Å². The van der Waals surface area contributed by atoms with E-state index in [9.17, 15) is 9.59 Å². The van der Waals surface area contributed by atoms with Crippen molar-refractivity contribution in [3.63, 3.8) is 0 Å². The highest BCUT2D eigenvalue weighted by molar-refractivity contribution is 5.93. The first-order chi connectivity index (χ1) is 9.20. The molecule has 1 aliphatic rings. The first-order valence-electron chi connectivity index (χ1n) is 6.24. The number of halogens is 1. The second-order valence-electron chi connectivity index (χ2n) is 4.67. The van der Waals surface area contributed by atoms with E-state index >= 15 is 0 Å². The summed E-state index contributed by atoms with van der Waals surface area (Å²) in [7, 11) is 1.34. The van der Waals surface area contributed by atoms with Crippen LogP contribution in [0.1, 0.15) is 22.8 Å². The zero-order chi connectivity index (χ0) is 13.4. The number of aromatic nitrogens is 2. The molecule has 1 saturated heterocycles. The molecule has 7 heteroatoms. The van der Waals surface area contributed by atoms with Crippen LogP contribution in [-0.4, -0.2) is 35.7 Å². The number of rotatable bonds is 2. The van der Waals surface area contributed by atoms with Crippen LogP contribution in [0.4, 0.5) is 0 Å². The maximum atomic E-state index is 12.0. The van der Waals surface area contributed by atoms with Gasteiger partial charge in [-0.1, -0.05) is 0 Å². The average Bonchev–Trinajstić information content (AvgIpc) is 3.02. The van der Waals surface area contributed by atoms with Crippen molar-refractivity contribution in [1.82, 2.24) is 14.9 Å². The molecule has 0 saturated carbocycles. The van der Waals surface area contributed by atoms with Gasteiger partial charge in [0, 0.05) is 6.54 Å². The first-order valence-corrected chi connectivity index (χ1v) is 6.24. The maximum absolute atomic E-state index is 12.0. The van der Waals surface area contributed by atoms with Crippen LogP contribution in [0.25, 0.3) is 11.0 Å². The van der Waals surface area contributed by atoms with Crippen molar-refractivity contribution >= 4 is 29.4 Å². The highest BCUT2D eigenvalue weighted by Gasteiger charge is 2.21. The lowest BCUT2D eigenvalue weighted by atomic mass is 10.2. The fourth-order valence-corrected chi connectivity index (χ4v) is 2.59. The number of nitrogens with zero attached hydrogens (tertiary/aromatic N) is 1. The van der Waals surface area contributed by atoms with Crippen LogP contribution in [0.5, 0.6) is 0 Å². The number of ether oxygens (including phenoxy) is 1. The minimum absolute atomic E-state index is 0. The van der Waals surface area contributed by atoms with Crippen LogP contribution in [0.15, 0.2) is 23.0 Å². The number of H-pyrrole nitrogens is 1. The Morgan fingerprint density at radius 1 is 1.45 bits per heavy atom. The third-order valence-corrected chi connectivity index (χ3v) is 3.54. The largest absolute Gasteiger partial charge is 0.465 e. The Hall–Kier alpha value is -1.79. The van der Waals surface area contributed by atoms with Gasteiger partial charge in [0.2, 0.25) is 0 Å². The predicted octanol–water partition coefficient (Wildman–Crippen LogP) is 1.07. The number of fused-ring (bicyclic) bond motifs is 1. The van der Waals surface area contributed by atoms with Crippen molar-refractivity contribution in [2.24, 2.45) is 0 Å². The fraction of sp³-hybridized carbons (Fsp3) is 0.385. The third-order valence-electron chi connectivity index (χ3n) is 3.54. The van der Waals surface area contributed by atoms with Crippen LogP contribution in [0.3, 0.4) is 0 Å². The van der Waals surface area contributed by atoms with Crippen molar-refractivity contribution in [2.45, 2.75) is 12.5 Å². The number of hydrogen-bond donors (Lipinski definition) is 2. The van der Waals surface area contributed by atoms with Crippen LogP contribution in [-0.2, 0) is 4.74 Å². The molecule has 0 aliphatic carbocycles.